The molecule has 0 amide bonds. The minimum Gasteiger partial charge on any atom is -0.393 e. The van der Waals surface area contributed by atoms with Crippen LogP contribution >= 0.6 is 0 Å². The van der Waals surface area contributed by atoms with Gasteiger partial charge in [-0.05, 0) is 54.5 Å². The summed E-state index contributed by atoms with van der Waals surface area (Å²) in [5.41, 5.74) is 4.53. The molecule has 0 radical (unpaired) electrons. The fourth-order valence-corrected chi connectivity index (χ4v) is 4.36. The summed E-state index contributed by atoms with van der Waals surface area (Å²) < 4.78 is 1.71. The number of aliphatic hydroxyl groups is 2. The van der Waals surface area contributed by atoms with Gasteiger partial charge in [-0.2, -0.15) is 5.26 Å². The average Bonchev–Trinajstić information content (AvgIpc) is 3.32. The standard InChI is InChI=1S/C28H30N4O2/c1-20(34)28-31-15-16-32(28)27(19-33)12-5-21-3-6-22(7-4-21)23-8-10-24(11-9-23)25-17-26(18-25)30-14-2-13-29/h3-4,6-11,15-16,20,25-27,30,33-34H,2,14,17-19H2,1H3/t20-,25?,26?,27-/m0/s1. The molecule has 0 spiro atoms. The molecule has 3 N–H and O–H groups in total. The number of nitrogens with one attached hydrogen (secondary N) is 1. The molecule has 0 saturated heterocycles. The Kier molecular flexibility index (Phi) is 7.77. The molecule has 1 aliphatic carbocycles. The largest absolute Gasteiger partial charge is 0.393 e. The van der Waals surface area contributed by atoms with Crippen LogP contribution in [0, 0.1) is 23.2 Å². The van der Waals surface area contributed by atoms with Gasteiger partial charge >= 0.3 is 0 Å². The minimum absolute atomic E-state index is 0.162. The van der Waals surface area contributed by atoms with Crippen LogP contribution < -0.4 is 5.32 Å². The van der Waals surface area contributed by atoms with Crippen LogP contribution in [-0.4, -0.2) is 39.0 Å². The van der Waals surface area contributed by atoms with Gasteiger partial charge < -0.3 is 20.1 Å². The number of rotatable bonds is 8. The molecule has 6 nitrogen and oxygen atoms in total. The molecule has 1 heterocycles. The van der Waals surface area contributed by atoms with E-state index in [4.69, 9.17) is 5.26 Å². The molecular weight excluding hydrogens is 424 g/mol. The number of nitrogens with zero attached hydrogens (tertiary/aromatic N) is 3. The van der Waals surface area contributed by atoms with Crippen LogP contribution in [0.4, 0.5) is 0 Å². The van der Waals surface area contributed by atoms with Crippen molar-refractivity contribution < 1.29 is 10.2 Å². The van der Waals surface area contributed by atoms with Gasteiger partial charge in [0, 0.05) is 37.0 Å². The summed E-state index contributed by atoms with van der Waals surface area (Å²) in [5.74, 6) is 7.29. The van der Waals surface area contributed by atoms with E-state index in [2.05, 4.69) is 64.6 Å². The first-order valence-electron chi connectivity index (χ1n) is 11.7. The van der Waals surface area contributed by atoms with Crippen LogP contribution in [0.25, 0.3) is 11.1 Å². The zero-order valence-corrected chi connectivity index (χ0v) is 19.4. The second-order valence-corrected chi connectivity index (χ2v) is 8.76. The van der Waals surface area contributed by atoms with Crippen molar-refractivity contribution in [3.63, 3.8) is 0 Å². The number of aromatic nitrogens is 2. The highest BCUT2D eigenvalue weighted by atomic mass is 16.3. The Morgan fingerprint density at radius 1 is 1.12 bits per heavy atom. The average molecular weight is 455 g/mol. The molecule has 1 aliphatic rings. The third-order valence-corrected chi connectivity index (χ3v) is 6.37. The van der Waals surface area contributed by atoms with Crippen LogP contribution in [-0.2, 0) is 0 Å². The predicted octanol–water partition coefficient (Wildman–Crippen LogP) is 3.94. The van der Waals surface area contributed by atoms with E-state index in [1.165, 1.54) is 11.1 Å². The van der Waals surface area contributed by atoms with Crippen molar-refractivity contribution in [2.45, 2.75) is 50.3 Å². The van der Waals surface area contributed by atoms with E-state index in [9.17, 15) is 10.2 Å². The van der Waals surface area contributed by atoms with Crippen molar-refractivity contribution in [3.05, 3.63) is 77.9 Å². The second kappa shape index (κ2) is 11.1. The van der Waals surface area contributed by atoms with E-state index in [0.29, 0.717) is 24.2 Å². The fourth-order valence-electron chi connectivity index (χ4n) is 4.36. The number of imidazole rings is 1. The molecule has 4 rings (SSSR count). The Balaban J connectivity index is 1.37. The van der Waals surface area contributed by atoms with Gasteiger partial charge in [0.05, 0.1) is 12.7 Å². The van der Waals surface area contributed by atoms with Crippen molar-refractivity contribution in [2.24, 2.45) is 0 Å². The minimum atomic E-state index is -0.728. The number of nitriles is 1. The lowest BCUT2D eigenvalue weighted by atomic mass is 9.75. The Bertz CT molecular complexity index is 1170. The number of hydrogen-bond donors (Lipinski definition) is 3. The van der Waals surface area contributed by atoms with Crippen molar-refractivity contribution in [1.29, 1.82) is 5.26 Å². The van der Waals surface area contributed by atoms with Crippen LogP contribution in [0.5, 0.6) is 0 Å². The summed E-state index contributed by atoms with van der Waals surface area (Å²) in [7, 11) is 0. The molecular formula is C28H30N4O2. The number of hydrogen-bond acceptors (Lipinski definition) is 5. The highest BCUT2D eigenvalue weighted by Crippen LogP contribution is 2.37. The maximum Gasteiger partial charge on any atom is 0.138 e. The lowest BCUT2D eigenvalue weighted by molar-refractivity contribution is 0.176. The lowest BCUT2D eigenvalue weighted by Gasteiger charge is -2.36. The van der Waals surface area contributed by atoms with Crippen molar-refractivity contribution >= 4 is 0 Å². The van der Waals surface area contributed by atoms with Gasteiger partial charge in [-0.25, -0.2) is 4.98 Å². The first kappa shape index (κ1) is 23.7. The number of benzene rings is 2. The molecule has 0 aliphatic heterocycles. The summed E-state index contributed by atoms with van der Waals surface area (Å²) in [6.07, 6.45) is 5.42. The summed E-state index contributed by atoms with van der Waals surface area (Å²) in [5, 5.41) is 31.7. The molecule has 2 atom stereocenters. The molecule has 2 aromatic carbocycles. The van der Waals surface area contributed by atoms with Crippen LogP contribution in [0.2, 0.25) is 0 Å². The Labute approximate surface area is 200 Å². The van der Waals surface area contributed by atoms with E-state index in [1.807, 2.05) is 12.1 Å². The topological polar surface area (TPSA) is 94.1 Å². The predicted molar refractivity (Wildman–Crippen MR) is 132 cm³/mol. The van der Waals surface area contributed by atoms with Crippen molar-refractivity contribution in [3.8, 4) is 29.0 Å². The van der Waals surface area contributed by atoms with E-state index in [-0.39, 0.29) is 6.61 Å². The van der Waals surface area contributed by atoms with Gasteiger partial charge in [0.15, 0.2) is 0 Å². The molecule has 0 unspecified atom stereocenters. The van der Waals surface area contributed by atoms with E-state index in [0.717, 1.165) is 30.5 Å². The van der Waals surface area contributed by atoms with E-state index in [1.54, 1.807) is 23.9 Å². The molecule has 1 fully saturated rings. The first-order chi connectivity index (χ1) is 16.6. The molecule has 0 bridgehead atoms. The fraction of sp³-hybridized carbons (Fsp3) is 0.357. The molecule has 1 aromatic heterocycles. The van der Waals surface area contributed by atoms with Crippen molar-refractivity contribution in [2.75, 3.05) is 13.2 Å². The van der Waals surface area contributed by atoms with Gasteiger partial charge in [-0.3, -0.25) is 0 Å². The van der Waals surface area contributed by atoms with Gasteiger partial charge in [0.25, 0.3) is 0 Å². The lowest BCUT2D eigenvalue weighted by Crippen LogP contribution is -2.40. The summed E-state index contributed by atoms with van der Waals surface area (Å²) >= 11 is 0. The maximum absolute atomic E-state index is 9.85. The highest BCUT2D eigenvalue weighted by molar-refractivity contribution is 5.64. The van der Waals surface area contributed by atoms with Crippen LogP contribution in [0.1, 0.15) is 61.2 Å². The summed E-state index contributed by atoms with van der Waals surface area (Å²) in [6, 6.07) is 19.1. The molecule has 174 valence electrons. The molecule has 3 aromatic rings. The zero-order valence-electron chi connectivity index (χ0n) is 19.4. The van der Waals surface area contributed by atoms with Crippen LogP contribution in [0.3, 0.4) is 0 Å². The SMILES string of the molecule is C[C@H](O)c1nccn1[C@@H](C#Cc1ccc(-c2ccc(C3CC(NCCC#N)C3)cc2)cc1)CO. The Morgan fingerprint density at radius 2 is 1.79 bits per heavy atom. The molecule has 34 heavy (non-hydrogen) atoms. The van der Waals surface area contributed by atoms with E-state index >= 15 is 0 Å². The smallest absolute Gasteiger partial charge is 0.138 e. The molecule has 6 heteroatoms. The molecule has 1 saturated carbocycles. The monoisotopic (exact) mass is 454 g/mol. The number of aliphatic hydroxyl groups excluding tert-OH is 2. The van der Waals surface area contributed by atoms with Gasteiger partial charge in [0.1, 0.15) is 18.0 Å². The Morgan fingerprint density at radius 3 is 2.41 bits per heavy atom. The first-order valence-corrected chi connectivity index (χ1v) is 11.7. The highest BCUT2D eigenvalue weighted by Gasteiger charge is 2.29. The third-order valence-electron chi connectivity index (χ3n) is 6.37. The van der Waals surface area contributed by atoms with Gasteiger partial charge in [-0.15, -0.1) is 0 Å². The van der Waals surface area contributed by atoms with Crippen LogP contribution in [0.15, 0.2) is 60.9 Å². The maximum atomic E-state index is 9.85. The quantitative estimate of drug-likeness (QED) is 0.354. The van der Waals surface area contributed by atoms with Gasteiger partial charge in [0.2, 0.25) is 0 Å². The summed E-state index contributed by atoms with van der Waals surface area (Å²) in [6.45, 7) is 2.26. The Hall–Kier alpha value is -3.42. The summed E-state index contributed by atoms with van der Waals surface area (Å²) in [4.78, 5) is 4.15. The third kappa shape index (κ3) is 5.55. The second-order valence-electron chi connectivity index (χ2n) is 8.76. The van der Waals surface area contributed by atoms with E-state index < -0.39 is 12.1 Å². The normalized spacial score (nSPS) is 18.8. The van der Waals surface area contributed by atoms with Crippen molar-refractivity contribution in [1.82, 2.24) is 14.9 Å². The zero-order chi connectivity index (χ0) is 23.9. The van der Waals surface area contributed by atoms with Gasteiger partial charge in [-0.1, -0.05) is 48.2 Å².